The molecule has 0 aliphatic carbocycles. The van der Waals surface area contributed by atoms with E-state index in [1.807, 2.05) is 11.0 Å². The van der Waals surface area contributed by atoms with E-state index in [0.29, 0.717) is 12.5 Å². The second-order valence-electron chi connectivity index (χ2n) is 3.87. The molecule has 1 aliphatic rings. The molecule has 3 nitrogen and oxygen atoms in total. The van der Waals surface area contributed by atoms with Crippen LogP contribution in [0.1, 0.15) is 16.1 Å². The van der Waals surface area contributed by atoms with Crippen molar-refractivity contribution in [3.05, 3.63) is 19.2 Å². The molecule has 0 saturated carbocycles. The average Bonchev–Trinajstić information content (AvgIpc) is 2.86. The summed E-state index contributed by atoms with van der Waals surface area (Å²) in [7, 11) is 0. The molecule has 0 bridgehead atoms. The van der Waals surface area contributed by atoms with Gasteiger partial charge in [-0.2, -0.15) is 0 Å². The zero-order valence-electron chi connectivity index (χ0n) is 8.58. The van der Waals surface area contributed by atoms with Crippen molar-refractivity contribution in [2.75, 3.05) is 19.6 Å². The highest BCUT2D eigenvalue weighted by Gasteiger charge is 2.27. The van der Waals surface area contributed by atoms with E-state index in [2.05, 4.69) is 31.9 Å². The van der Waals surface area contributed by atoms with Gasteiger partial charge in [-0.1, -0.05) is 0 Å². The van der Waals surface area contributed by atoms with Crippen LogP contribution >= 0.6 is 43.2 Å². The maximum Gasteiger partial charge on any atom is 0.264 e. The summed E-state index contributed by atoms with van der Waals surface area (Å²) in [5, 5.41) is 0. The summed E-state index contributed by atoms with van der Waals surface area (Å²) in [6.07, 6.45) is 1.02. The van der Waals surface area contributed by atoms with Crippen LogP contribution in [0, 0.1) is 5.92 Å². The topological polar surface area (TPSA) is 46.3 Å². The van der Waals surface area contributed by atoms with Crippen LogP contribution in [0.2, 0.25) is 0 Å². The van der Waals surface area contributed by atoms with Crippen molar-refractivity contribution in [1.29, 1.82) is 0 Å². The van der Waals surface area contributed by atoms with Crippen molar-refractivity contribution >= 4 is 49.1 Å². The normalized spacial score (nSPS) is 20.4. The Morgan fingerprint density at radius 2 is 2.38 bits per heavy atom. The highest BCUT2D eigenvalue weighted by molar-refractivity contribution is 9.13. The number of rotatable bonds is 2. The Morgan fingerprint density at radius 1 is 1.62 bits per heavy atom. The molecule has 1 atom stereocenters. The number of thiophene rings is 1. The highest BCUT2D eigenvalue weighted by atomic mass is 79.9. The quantitative estimate of drug-likeness (QED) is 0.873. The van der Waals surface area contributed by atoms with Gasteiger partial charge in [-0.05, 0) is 56.8 Å². The molecule has 1 aliphatic heterocycles. The molecule has 16 heavy (non-hydrogen) atoms. The Hall–Kier alpha value is 0.0900. The molecule has 1 saturated heterocycles. The summed E-state index contributed by atoms with van der Waals surface area (Å²) in [5.74, 6) is 0.586. The first-order chi connectivity index (χ1) is 7.61. The van der Waals surface area contributed by atoms with Crippen molar-refractivity contribution in [3.63, 3.8) is 0 Å². The lowest BCUT2D eigenvalue weighted by Gasteiger charge is -2.14. The van der Waals surface area contributed by atoms with Gasteiger partial charge in [0.25, 0.3) is 5.91 Å². The van der Waals surface area contributed by atoms with Crippen LogP contribution < -0.4 is 5.73 Å². The van der Waals surface area contributed by atoms with E-state index in [4.69, 9.17) is 5.73 Å². The number of hydrogen-bond donors (Lipinski definition) is 1. The molecular formula is C10H12Br2N2OS. The van der Waals surface area contributed by atoms with Crippen LogP contribution in [-0.4, -0.2) is 30.4 Å². The molecule has 2 heterocycles. The minimum absolute atomic E-state index is 0.118. The molecule has 1 amide bonds. The van der Waals surface area contributed by atoms with Crippen LogP contribution in [-0.2, 0) is 0 Å². The molecule has 2 N–H and O–H groups in total. The Bertz CT molecular complexity index is 388. The average molecular weight is 368 g/mol. The Balaban J connectivity index is 2.08. The summed E-state index contributed by atoms with van der Waals surface area (Å²) in [5.41, 5.74) is 5.61. The Labute approximate surface area is 115 Å². The summed E-state index contributed by atoms with van der Waals surface area (Å²) >= 11 is 8.26. The van der Waals surface area contributed by atoms with Gasteiger partial charge < -0.3 is 10.6 Å². The number of amides is 1. The van der Waals surface area contributed by atoms with Crippen LogP contribution in [0.3, 0.4) is 0 Å². The van der Waals surface area contributed by atoms with E-state index < -0.39 is 0 Å². The number of hydrogen-bond acceptors (Lipinski definition) is 3. The van der Waals surface area contributed by atoms with Gasteiger partial charge in [-0.15, -0.1) is 11.3 Å². The van der Waals surface area contributed by atoms with E-state index in [1.54, 1.807) is 0 Å². The molecule has 1 aromatic heterocycles. The smallest absolute Gasteiger partial charge is 0.264 e. The number of carbonyl (C=O) groups is 1. The maximum atomic E-state index is 12.1. The number of likely N-dealkylation sites (tertiary alicyclic amines) is 1. The fourth-order valence-corrected chi connectivity index (χ4v) is 3.82. The lowest BCUT2D eigenvalue weighted by Crippen LogP contribution is -2.29. The molecule has 1 aromatic rings. The van der Waals surface area contributed by atoms with Gasteiger partial charge in [0.1, 0.15) is 0 Å². The van der Waals surface area contributed by atoms with Crippen molar-refractivity contribution < 1.29 is 4.79 Å². The first kappa shape index (κ1) is 12.5. The lowest BCUT2D eigenvalue weighted by atomic mass is 10.1. The predicted octanol–water partition coefficient (Wildman–Crippen LogP) is 2.69. The lowest BCUT2D eigenvalue weighted by molar-refractivity contribution is 0.0792. The highest BCUT2D eigenvalue weighted by Crippen LogP contribution is 2.33. The third-order valence-corrected chi connectivity index (χ3v) is 6.01. The first-order valence-electron chi connectivity index (χ1n) is 5.06. The van der Waals surface area contributed by atoms with Crippen LogP contribution in [0.25, 0.3) is 0 Å². The Morgan fingerprint density at radius 3 is 2.88 bits per heavy atom. The van der Waals surface area contributed by atoms with Gasteiger partial charge in [-0.3, -0.25) is 4.79 Å². The monoisotopic (exact) mass is 366 g/mol. The minimum Gasteiger partial charge on any atom is -0.338 e. The van der Waals surface area contributed by atoms with E-state index in [-0.39, 0.29) is 5.91 Å². The van der Waals surface area contributed by atoms with Crippen molar-refractivity contribution in [1.82, 2.24) is 4.90 Å². The van der Waals surface area contributed by atoms with E-state index in [0.717, 1.165) is 32.6 Å². The second kappa shape index (κ2) is 5.16. The van der Waals surface area contributed by atoms with Gasteiger partial charge in [0.05, 0.1) is 8.66 Å². The predicted molar refractivity (Wildman–Crippen MR) is 72.8 cm³/mol. The summed E-state index contributed by atoms with van der Waals surface area (Å²) in [4.78, 5) is 14.8. The number of carbonyl (C=O) groups excluding carboxylic acids is 1. The molecular weight excluding hydrogens is 356 g/mol. The molecule has 0 aromatic carbocycles. The number of nitrogens with zero attached hydrogens (tertiary/aromatic N) is 1. The van der Waals surface area contributed by atoms with Crippen LogP contribution in [0.15, 0.2) is 14.3 Å². The van der Waals surface area contributed by atoms with E-state index in [9.17, 15) is 4.79 Å². The van der Waals surface area contributed by atoms with Gasteiger partial charge >= 0.3 is 0 Å². The van der Waals surface area contributed by atoms with E-state index in [1.165, 1.54) is 11.3 Å². The zero-order chi connectivity index (χ0) is 11.7. The summed E-state index contributed by atoms with van der Waals surface area (Å²) < 4.78 is 1.90. The maximum absolute atomic E-state index is 12.1. The second-order valence-corrected chi connectivity index (χ2v) is 7.10. The molecule has 0 spiro atoms. The van der Waals surface area contributed by atoms with Gasteiger partial charge in [-0.25, -0.2) is 0 Å². The number of nitrogens with two attached hydrogens (primary N) is 1. The SMILES string of the molecule is NCC1CCN(C(=O)c2cc(Br)c(Br)s2)C1. The number of halogens is 2. The largest absolute Gasteiger partial charge is 0.338 e. The third kappa shape index (κ3) is 2.50. The van der Waals surface area contributed by atoms with Gasteiger partial charge in [0.15, 0.2) is 0 Å². The van der Waals surface area contributed by atoms with Gasteiger partial charge in [0, 0.05) is 17.6 Å². The molecule has 88 valence electrons. The van der Waals surface area contributed by atoms with Crippen molar-refractivity contribution in [2.45, 2.75) is 6.42 Å². The van der Waals surface area contributed by atoms with Crippen molar-refractivity contribution in [3.8, 4) is 0 Å². The standard InChI is InChI=1S/C10H12Br2N2OS/c11-7-3-8(16-9(7)12)10(15)14-2-1-6(4-13)5-14/h3,6H,1-2,4-5,13H2. The fraction of sp³-hybridized carbons (Fsp3) is 0.500. The fourth-order valence-electron chi connectivity index (χ4n) is 1.82. The molecule has 0 radical (unpaired) electrons. The third-order valence-electron chi connectivity index (χ3n) is 2.76. The van der Waals surface area contributed by atoms with Crippen LogP contribution in [0.4, 0.5) is 0 Å². The van der Waals surface area contributed by atoms with Gasteiger partial charge in [0.2, 0.25) is 0 Å². The first-order valence-corrected chi connectivity index (χ1v) is 7.46. The molecule has 2 rings (SSSR count). The minimum atomic E-state index is 0.118. The molecule has 1 unspecified atom stereocenters. The molecule has 1 fully saturated rings. The Kier molecular flexibility index (Phi) is 4.05. The molecule has 6 heteroatoms. The zero-order valence-corrected chi connectivity index (χ0v) is 12.6. The summed E-state index contributed by atoms with van der Waals surface area (Å²) in [6, 6.07) is 1.87. The summed E-state index contributed by atoms with van der Waals surface area (Å²) in [6.45, 7) is 2.29. The van der Waals surface area contributed by atoms with Crippen molar-refractivity contribution in [2.24, 2.45) is 11.7 Å². The van der Waals surface area contributed by atoms with E-state index >= 15 is 0 Å². The van der Waals surface area contributed by atoms with Crippen LogP contribution in [0.5, 0.6) is 0 Å².